The summed E-state index contributed by atoms with van der Waals surface area (Å²) in [5, 5.41) is 1.16. The fourth-order valence-corrected chi connectivity index (χ4v) is 2.91. The van der Waals surface area contributed by atoms with Gasteiger partial charge in [0.2, 0.25) is 11.6 Å². The molecule has 0 bridgehead atoms. The first-order chi connectivity index (χ1) is 12.0. The Bertz CT molecular complexity index is 971. The highest BCUT2D eigenvalue weighted by atomic mass is 35.5. The molecule has 3 aromatic rings. The lowest BCUT2D eigenvalue weighted by Gasteiger charge is -2.02. The molecule has 0 saturated heterocycles. The van der Waals surface area contributed by atoms with E-state index in [0.29, 0.717) is 33.8 Å². The number of carbonyl (C=O) groups is 2. The molecule has 1 heterocycles. The van der Waals surface area contributed by atoms with Crippen LogP contribution in [-0.2, 0) is 6.54 Å². The van der Waals surface area contributed by atoms with Gasteiger partial charge in [0.15, 0.2) is 0 Å². The molecular formula is C20H16ClNO3. The van der Waals surface area contributed by atoms with Gasteiger partial charge in [-0.05, 0) is 42.5 Å². The van der Waals surface area contributed by atoms with E-state index in [9.17, 15) is 9.59 Å². The lowest BCUT2D eigenvalue weighted by molar-refractivity contribution is 0.0817. The molecule has 4 nitrogen and oxygen atoms in total. The van der Waals surface area contributed by atoms with Crippen LogP contribution < -0.4 is 4.74 Å². The Morgan fingerprint density at radius 2 is 1.88 bits per heavy atom. The van der Waals surface area contributed by atoms with Crippen LogP contribution in [0.15, 0.2) is 61.3 Å². The summed E-state index contributed by atoms with van der Waals surface area (Å²) in [7, 11) is 1.54. The van der Waals surface area contributed by atoms with Crippen molar-refractivity contribution in [1.29, 1.82) is 0 Å². The number of hydrogen-bond donors (Lipinski definition) is 0. The van der Waals surface area contributed by atoms with Crippen molar-refractivity contribution in [2.24, 2.45) is 0 Å². The number of rotatable bonds is 6. The number of ether oxygens (including phenoxy) is 1. The lowest BCUT2D eigenvalue weighted by Crippen LogP contribution is -2.14. The summed E-state index contributed by atoms with van der Waals surface area (Å²) in [6.07, 6.45) is 3.40. The zero-order valence-corrected chi connectivity index (χ0v) is 14.4. The molecule has 0 aliphatic carbocycles. The molecule has 1 aromatic heterocycles. The SMILES string of the molecule is C=CCn1cc(C(=O)C(=O)c2ccc(OC)cc2)c2cc(Cl)ccc21. The molecule has 0 aliphatic heterocycles. The summed E-state index contributed by atoms with van der Waals surface area (Å²) in [4.78, 5) is 25.4. The van der Waals surface area contributed by atoms with Crippen LogP contribution in [-0.4, -0.2) is 23.2 Å². The van der Waals surface area contributed by atoms with E-state index in [1.165, 1.54) is 0 Å². The van der Waals surface area contributed by atoms with Gasteiger partial charge in [-0.3, -0.25) is 9.59 Å². The van der Waals surface area contributed by atoms with Gasteiger partial charge < -0.3 is 9.30 Å². The third-order valence-electron chi connectivity index (χ3n) is 3.97. The summed E-state index contributed by atoms with van der Waals surface area (Å²) >= 11 is 6.07. The van der Waals surface area contributed by atoms with Crippen molar-refractivity contribution in [3.8, 4) is 5.75 Å². The van der Waals surface area contributed by atoms with Gasteiger partial charge in [-0.15, -0.1) is 6.58 Å². The number of allylic oxidation sites excluding steroid dienone is 1. The summed E-state index contributed by atoms with van der Waals surface area (Å²) in [5.41, 5.74) is 1.48. The van der Waals surface area contributed by atoms with Crippen LogP contribution in [0, 0.1) is 0 Å². The van der Waals surface area contributed by atoms with E-state index >= 15 is 0 Å². The van der Waals surface area contributed by atoms with Gasteiger partial charge in [0.05, 0.1) is 12.7 Å². The van der Waals surface area contributed by atoms with Crippen LogP contribution in [0.2, 0.25) is 5.02 Å². The van der Waals surface area contributed by atoms with Crippen LogP contribution in [0.25, 0.3) is 10.9 Å². The number of fused-ring (bicyclic) bond motifs is 1. The Kier molecular flexibility index (Phi) is 4.72. The smallest absolute Gasteiger partial charge is 0.235 e. The maximum Gasteiger partial charge on any atom is 0.235 e. The summed E-state index contributed by atoms with van der Waals surface area (Å²) < 4.78 is 6.94. The van der Waals surface area contributed by atoms with Gasteiger partial charge in [0, 0.05) is 34.2 Å². The molecule has 0 radical (unpaired) electrons. The fraction of sp³-hybridized carbons (Fsp3) is 0.100. The summed E-state index contributed by atoms with van der Waals surface area (Å²) in [6.45, 7) is 4.25. The van der Waals surface area contributed by atoms with Crippen molar-refractivity contribution in [2.75, 3.05) is 7.11 Å². The number of aromatic nitrogens is 1. The van der Waals surface area contributed by atoms with Crippen LogP contribution in [0.3, 0.4) is 0 Å². The number of ketones is 2. The van der Waals surface area contributed by atoms with E-state index in [4.69, 9.17) is 16.3 Å². The van der Waals surface area contributed by atoms with E-state index in [-0.39, 0.29) is 0 Å². The highest BCUT2D eigenvalue weighted by molar-refractivity contribution is 6.51. The van der Waals surface area contributed by atoms with Crippen LogP contribution in [0.5, 0.6) is 5.75 Å². The summed E-state index contributed by atoms with van der Waals surface area (Å²) in [5.74, 6) is -0.515. The number of hydrogen-bond acceptors (Lipinski definition) is 3. The van der Waals surface area contributed by atoms with Crippen molar-refractivity contribution in [3.05, 3.63) is 77.5 Å². The molecule has 0 saturated carbocycles. The third kappa shape index (κ3) is 3.21. The normalized spacial score (nSPS) is 10.6. The number of halogens is 1. The zero-order valence-electron chi connectivity index (χ0n) is 13.7. The maximum atomic E-state index is 12.8. The summed E-state index contributed by atoms with van der Waals surface area (Å²) in [6, 6.07) is 11.7. The first-order valence-corrected chi connectivity index (χ1v) is 8.05. The molecular weight excluding hydrogens is 338 g/mol. The minimum Gasteiger partial charge on any atom is -0.497 e. The van der Waals surface area contributed by atoms with Crippen molar-refractivity contribution in [2.45, 2.75) is 6.54 Å². The molecule has 0 amide bonds. The first kappa shape index (κ1) is 17.0. The number of methoxy groups -OCH3 is 1. The highest BCUT2D eigenvalue weighted by Gasteiger charge is 2.23. The molecule has 0 aliphatic rings. The molecule has 0 unspecified atom stereocenters. The Balaban J connectivity index is 2.04. The van der Waals surface area contributed by atoms with Gasteiger partial charge in [-0.25, -0.2) is 0 Å². The molecule has 0 atom stereocenters. The third-order valence-corrected chi connectivity index (χ3v) is 4.21. The molecule has 126 valence electrons. The predicted molar refractivity (Wildman–Crippen MR) is 98.8 cm³/mol. The van der Waals surface area contributed by atoms with Crippen molar-refractivity contribution < 1.29 is 14.3 Å². The van der Waals surface area contributed by atoms with E-state index < -0.39 is 11.6 Å². The van der Waals surface area contributed by atoms with Gasteiger partial charge in [0.1, 0.15) is 5.75 Å². The number of carbonyl (C=O) groups excluding carboxylic acids is 2. The van der Waals surface area contributed by atoms with E-state index in [0.717, 1.165) is 5.52 Å². The Labute approximate surface area is 150 Å². The average molecular weight is 354 g/mol. The largest absolute Gasteiger partial charge is 0.497 e. The lowest BCUT2D eigenvalue weighted by atomic mass is 10.0. The van der Waals surface area contributed by atoms with Crippen molar-refractivity contribution in [1.82, 2.24) is 4.57 Å². The first-order valence-electron chi connectivity index (χ1n) is 7.67. The quantitative estimate of drug-likeness (QED) is 0.371. The molecule has 0 fully saturated rings. The monoisotopic (exact) mass is 353 g/mol. The minimum absolute atomic E-state index is 0.317. The van der Waals surface area contributed by atoms with E-state index in [2.05, 4.69) is 6.58 Å². The molecule has 25 heavy (non-hydrogen) atoms. The fourth-order valence-electron chi connectivity index (χ4n) is 2.74. The Morgan fingerprint density at radius 1 is 1.16 bits per heavy atom. The number of nitrogens with zero attached hydrogens (tertiary/aromatic N) is 1. The standard InChI is InChI=1S/C20H16ClNO3/c1-3-10-22-12-17(16-11-14(21)6-9-18(16)22)20(24)19(23)13-4-7-15(25-2)8-5-13/h3-9,11-12H,1,10H2,2H3. The van der Waals surface area contributed by atoms with Gasteiger partial charge in [-0.2, -0.15) is 0 Å². The van der Waals surface area contributed by atoms with Crippen LogP contribution in [0.1, 0.15) is 20.7 Å². The molecule has 3 rings (SSSR count). The number of benzene rings is 2. The van der Waals surface area contributed by atoms with Crippen molar-refractivity contribution >= 4 is 34.1 Å². The molecule has 0 N–H and O–H groups in total. The zero-order chi connectivity index (χ0) is 18.0. The Hall–Kier alpha value is -2.85. The highest BCUT2D eigenvalue weighted by Crippen LogP contribution is 2.26. The topological polar surface area (TPSA) is 48.3 Å². The van der Waals surface area contributed by atoms with Crippen LogP contribution >= 0.6 is 11.6 Å². The van der Waals surface area contributed by atoms with Gasteiger partial charge in [-0.1, -0.05) is 17.7 Å². The Morgan fingerprint density at radius 3 is 2.52 bits per heavy atom. The van der Waals surface area contributed by atoms with Gasteiger partial charge in [0.25, 0.3) is 0 Å². The second-order valence-corrected chi connectivity index (χ2v) is 5.97. The molecule has 2 aromatic carbocycles. The van der Waals surface area contributed by atoms with Crippen molar-refractivity contribution in [3.63, 3.8) is 0 Å². The second kappa shape index (κ2) is 6.95. The molecule has 5 heteroatoms. The number of Topliss-reactive ketones (excluding diaryl/α,β-unsaturated/α-hetero) is 2. The van der Waals surface area contributed by atoms with E-state index in [1.807, 2.05) is 10.6 Å². The maximum absolute atomic E-state index is 12.8. The van der Waals surface area contributed by atoms with E-state index in [1.54, 1.807) is 55.8 Å². The second-order valence-electron chi connectivity index (χ2n) is 5.53. The molecule has 0 spiro atoms. The minimum atomic E-state index is -0.569. The van der Waals surface area contributed by atoms with Gasteiger partial charge >= 0.3 is 0 Å². The van der Waals surface area contributed by atoms with Crippen LogP contribution in [0.4, 0.5) is 0 Å². The predicted octanol–water partition coefficient (Wildman–Crippen LogP) is 4.55. The average Bonchev–Trinajstić information content (AvgIpc) is 2.98.